The molecule has 0 heterocycles. The third-order valence-corrected chi connectivity index (χ3v) is 3.87. The van der Waals surface area contributed by atoms with Crippen LogP contribution in [-0.4, -0.2) is 7.11 Å². The molecule has 0 fully saturated rings. The Morgan fingerprint density at radius 3 is 2.38 bits per heavy atom. The largest absolute Gasteiger partial charge is 0.497 e. The Morgan fingerprint density at radius 1 is 0.905 bits per heavy atom. The first-order valence-corrected chi connectivity index (χ1v) is 7.14. The minimum Gasteiger partial charge on any atom is -0.497 e. The Morgan fingerprint density at radius 2 is 1.62 bits per heavy atom. The van der Waals surface area contributed by atoms with Gasteiger partial charge >= 0.3 is 0 Å². The summed E-state index contributed by atoms with van der Waals surface area (Å²) in [7, 11) is 1.67. The van der Waals surface area contributed by atoms with Gasteiger partial charge in [0.25, 0.3) is 0 Å². The van der Waals surface area contributed by atoms with E-state index in [1.807, 2.05) is 48.5 Å². The highest BCUT2D eigenvalue weighted by molar-refractivity contribution is 6.30. The number of hydrogen-bond acceptors (Lipinski definition) is 2. The van der Waals surface area contributed by atoms with Crippen LogP contribution in [0, 0.1) is 0 Å². The highest BCUT2D eigenvalue weighted by Crippen LogP contribution is 2.27. The smallest absolute Gasteiger partial charge is 0.119 e. The molecule has 21 heavy (non-hydrogen) atoms. The van der Waals surface area contributed by atoms with Gasteiger partial charge in [0.2, 0.25) is 0 Å². The van der Waals surface area contributed by atoms with Crippen molar-refractivity contribution in [1.29, 1.82) is 0 Å². The van der Waals surface area contributed by atoms with Crippen molar-refractivity contribution in [2.24, 2.45) is 5.73 Å². The molecule has 0 saturated carbocycles. The SMILES string of the molecule is COc1ccc2cc(C(N)c3cccc(Cl)c3)ccc2c1. The Bertz CT molecular complexity index is 785. The van der Waals surface area contributed by atoms with Gasteiger partial charge in [-0.05, 0) is 52.2 Å². The maximum absolute atomic E-state index is 6.35. The molecule has 0 aliphatic rings. The zero-order valence-corrected chi connectivity index (χ0v) is 12.5. The van der Waals surface area contributed by atoms with Crippen LogP contribution in [0.4, 0.5) is 0 Å². The zero-order chi connectivity index (χ0) is 14.8. The average Bonchev–Trinajstić information content (AvgIpc) is 2.53. The Hall–Kier alpha value is -2.03. The highest BCUT2D eigenvalue weighted by Gasteiger charge is 2.10. The quantitative estimate of drug-likeness (QED) is 0.770. The van der Waals surface area contributed by atoms with Gasteiger partial charge in [0.05, 0.1) is 13.2 Å². The summed E-state index contributed by atoms with van der Waals surface area (Å²) in [5, 5.41) is 2.98. The van der Waals surface area contributed by atoms with Gasteiger partial charge in [-0.3, -0.25) is 0 Å². The monoisotopic (exact) mass is 297 g/mol. The molecule has 0 saturated heterocycles. The van der Waals surface area contributed by atoms with Crippen LogP contribution in [0.25, 0.3) is 10.8 Å². The van der Waals surface area contributed by atoms with Crippen LogP contribution in [0.15, 0.2) is 60.7 Å². The summed E-state index contributed by atoms with van der Waals surface area (Å²) in [4.78, 5) is 0. The number of fused-ring (bicyclic) bond motifs is 1. The second kappa shape index (κ2) is 5.76. The van der Waals surface area contributed by atoms with E-state index in [4.69, 9.17) is 22.1 Å². The van der Waals surface area contributed by atoms with Crippen LogP contribution in [0.3, 0.4) is 0 Å². The van der Waals surface area contributed by atoms with Gasteiger partial charge in [0, 0.05) is 5.02 Å². The number of hydrogen-bond donors (Lipinski definition) is 1. The molecule has 1 unspecified atom stereocenters. The van der Waals surface area contributed by atoms with Crippen molar-refractivity contribution < 1.29 is 4.74 Å². The summed E-state index contributed by atoms with van der Waals surface area (Å²) in [6.07, 6.45) is 0. The predicted octanol–water partition coefficient (Wildman–Crippen LogP) is 4.55. The predicted molar refractivity (Wildman–Crippen MR) is 88.0 cm³/mol. The van der Waals surface area contributed by atoms with Gasteiger partial charge in [-0.15, -0.1) is 0 Å². The van der Waals surface area contributed by atoms with Gasteiger partial charge in [-0.1, -0.05) is 41.9 Å². The molecule has 0 radical (unpaired) electrons. The first-order chi connectivity index (χ1) is 10.2. The van der Waals surface area contributed by atoms with E-state index in [0.717, 1.165) is 27.6 Å². The molecule has 3 heteroatoms. The minimum atomic E-state index is -0.185. The maximum atomic E-state index is 6.35. The molecule has 3 rings (SSSR count). The molecule has 2 N–H and O–H groups in total. The van der Waals surface area contributed by atoms with Crippen LogP contribution < -0.4 is 10.5 Å². The fraction of sp³-hybridized carbons (Fsp3) is 0.111. The molecule has 106 valence electrons. The molecule has 0 aromatic heterocycles. The van der Waals surface area contributed by atoms with E-state index in [1.165, 1.54) is 0 Å². The Balaban J connectivity index is 2.00. The number of halogens is 1. The molecule has 0 aliphatic heterocycles. The van der Waals surface area contributed by atoms with Crippen molar-refractivity contribution in [3.05, 3.63) is 76.8 Å². The summed E-state index contributed by atoms with van der Waals surface area (Å²) in [5.41, 5.74) is 8.42. The zero-order valence-electron chi connectivity index (χ0n) is 11.7. The second-order valence-electron chi connectivity index (χ2n) is 5.01. The standard InChI is InChI=1S/C18H16ClNO/c1-21-17-8-7-12-9-15(6-5-13(12)11-17)18(20)14-3-2-4-16(19)10-14/h2-11,18H,20H2,1H3. The highest BCUT2D eigenvalue weighted by atomic mass is 35.5. The summed E-state index contributed by atoms with van der Waals surface area (Å²) in [6, 6.07) is 19.7. The van der Waals surface area contributed by atoms with Crippen LogP contribution >= 0.6 is 11.6 Å². The van der Waals surface area contributed by atoms with E-state index in [9.17, 15) is 0 Å². The van der Waals surface area contributed by atoms with Crippen molar-refractivity contribution in [3.8, 4) is 5.75 Å². The summed E-state index contributed by atoms with van der Waals surface area (Å²) < 4.78 is 5.24. The molecule has 0 bridgehead atoms. The summed E-state index contributed by atoms with van der Waals surface area (Å²) >= 11 is 6.04. The number of nitrogens with two attached hydrogens (primary N) is 1. The third kappa shape index (κ3) is 2.87. The van der Waals surface area contributed by atoms with E-state index >= 15 is 0 Å². The van der Waals surface area contributed by atoms with Crippen LogP contribution in [0.2, 0.25) is 5.02 Å². The van der Waals surface area contributed by atoms with Gasteiger partial charge in [0.15, 0.2) is 0 Å². The van der Waals surface area contributed by atoms with Crippen molar-refractivity contribution in [2.75, 3.05) is 7.11 Å². The number of rotatable bonds is 3. The topological polar surface area (TPSA) is 35.2 Å². The average molecular weight is 298 g/mol. The number of methoxy groups -OCH3 is 1. The Kier molecular flexibility index (Phi) is 3.82. The van der Waals surface area contributed by atoms with E-state index in [2.05, 4.69) is 12.1 Å². The van der Waals surface area contributed by atoms with Crippen molar-refractivity contribution >= 4 is 22.4 Å². The van der Waals surface area contributed by atoms with Gasteiger partial charge in [0.1, 0.15) is 5.75 Å². The van der Waals surface area contributed by atoms with E-state index in [1.54, 1.807) is 7.11 Å². The lowest BCUT2D eigenvalue weighted by atomic mass is 9.97. The summed E-state index contributed by atoms with van der Waals surface area (Å²) in [5.74, 6) is 0.856. The fourth-order valence-electron chi connectivity index (χ4n) is 2.46. The lowest BCUT2D eigenvalue weighted by Gasteiger charge is -2.14. The molecule has 0 spiro atoms. The van der Waals surface area contributed by atoms with Crippen LogP contribution in [-0.2, 0) is 0 Å². The van der Waals surface area contributed by atoms with Crippen molar-refractivity contribution in [3.63, 3.8) is 0 Å². The van der Waals surface area contributed by atoms with Crippen molar-refractivity contribution in [2.45, 2.75) is 6.04 Å². The number of benzene rings is 3. The second-order valence-corrected chi connectivity index (χ2v) is 5.44. The van der Waals surface area contributed by atoms with E-state index in [-0.39, 0.29) is 6.04 Å². The summed E-state index contributed by atoms with van der Waals surface area (Å²) in [6.45, 7) is 0. The van der Waals surface area contributed by atoms with Gasteiger partial charge < -0.3 is 10.5 Å². The molecule has 2 nitrogen and oxygen atoms in total. The fourth-order valence-corrected chi connectivity index (χ4v) is 2.65. The maximum Gasteiger partial charge on any atom is 0.119 e. The van der Waals surface area contributed by atoms with Gasteiger partial charge in [-0.2, -0.15) is 0 Å². The van der Waals surface area contributed by atoms with Crippen molar-refractivity contribution in [1.82, 2.24) is 0 Å². The van der Waals surface area contributed by atoms with E-state index < -0.39 is 0 Å². The molecule has 0 aliphatic carbocycles. The van der Waals surface area contributed by atoms with E-state index in [0.29, 0.717) is 5.02 Å². The third-order valence-electron chi connectivity index (χ3n) is 3.64. The first-order valence-electron chi connectivity index (χ1n) is 6.76. The molecule has 3 aromatic carbocycles. The Labute approximate surface area is 129 Å². The normalized spacial score (nSPS) is 12.3. The van der Waals surface area contributed by atoms with Crippen LogP contribution in [0.5, 0.6) is 5.75 Å². The first kappa shape index (κ1) is 13.9. The lowest BCUT2D eigenvalue weighted by molar-refractivity contribution is 0.415. The lowest BCUT2D eigenvalue weighted by Crippen LogP contribution is -2.11. The molecule has 3 aromatic rings. The van der Waals surface area contributed by atoms with Crippen LogP contribution in [0.1, 0.15) is 17.2 Å². The number of ether oxygens (including phenoxy) is 1. The van der Waals surface area contributed by atoms with Gasteiger partial charge in [-0.25, -0.2) is 0 Å². The molecular weight excluding hydrogens is 282 g/mol. The minimum absolute atomic E-state index is 0.185. The molecule has 0 amide bonds. The molecular formula is C18H16ClNO. The molecule has 1 atom stereocenters.